The van der Waals surface area contributed by atoms with Gasteiger partial charge < -0.3 is 4.74 Å². The van der Waals surface area contributed by atoms with Gasteiger partial charge in [-0.1, -0.05) is 41.4 Å². The molecule has 2 aromatic carbocycles. The summed E-state index contributed by atoms with van der Waals surface area (Å²) in [6, 6.07) is 11.3. The third-order valence-corrected chi connectivity index (χ3v) is 4.17. The summed E-state index contributed by atoms with van der Waals surface area (Å²) in [4.78, 5) is 0. The summed E-state index contributed by atoms with van der Waals surface area (Å²) >= 11 is 18.6. The quantitative estimate of drug-likeness (QED) is 0.666. The zero-order chi connectivity index (χ0) is 14.0. The van der Waals surface area contributed by atoms with Gasteiger partial charge in [-0.2, -0.15) is 0 Å². The van der Waals surface area contributed by atoms with Crippen molar-refractivity contribution in [3.8, 4) is 5.75 Å². The molecule has 19 heavy (non-hydrogen) atoms. The van der Waals surface area contributed by atoms with Crippen molar-refractivity contribution in [2.45, 2.75) is 12.3 Å². The van der Waals surface area contributed by atoms with Gasteiger partial charge in [0.15, 0.2) is 0 Å². The Morgan fingerprint density at radius 2 is 1.58 bits per heavy atom. The summed E-state index contributed by atoms with van der Waals surface area (Å²) in [5, 5.41) is 1.02. The van der Waals surface area contributed by atoms with Crippen LogP contribution >= 0.6 is 34.8 Å². The first-order valence-corrected chi connectivity index (χ1v) is 6.95. The maximum atomic E-state index is 6.48. The van der Waals surface area contributed by atoms with Gasteiger partial charge >= 0.3 is 0 Å². The van der Waals surface area contributed by atoms with Gasteiger partial charge in [-0.05, 0) is 41.8 Å². The molecule has 0 spiro atoms. The maximum Gasteiger partial charge on any atom is 0.137 e. The summed E-state index contributed by atoms with van der Waals surface area (Å²) in [6.07, 6.45) is 0. The van der Waals surface area contributed by atoms with Gasteiger partial charge in [-0.25, -0.2) is 0 Å². The molecule has 0 heterocycles. The van der Waals surface area contributed by atoms with E-state index in [0.29, 0.717) is 10.8 Å². The molecule has 4 heteroatoms. The van der Waals surface area contributed by atoms with Crippen molar-refractivity contribution in [2.75, 3.05) is 7.11 Å². The number of hydrogen-bond acceptors (Lipinski definition) is 1. The normalized spacial score (nSPS) is 12.3. The van der Waals surface area contributed by atoms with Crippen LogP contribution in [-0.4, -0.2) is 7.11 Å². The van der Waals surface area contributed by atoms with E-state index >= 15 is 0 Å². The van der Waals surface area contributed by atoms with Crippen molar-refractivity contribution >= 4 is 34.8 Å². The molecular formula is C15H13Cl3O. The van der Waals surface area contributed by atoms with Crippen molar-refractivity contribution in [1.82, 2.24) is 0 Å². The first kappa shape index (κ1) is 14.5. The summed E-state index contributed by atoms with van der Waals surface area (Å²) in [7, 11) is 1.58. The van der Waals surface area contributed by atoms with E-state index in [9.17, 15) is 0 Å². The smallest absolute Gasteiger partial charge is 0.137 e. The lowest BCUT2D eigenvalue weighted by Crippen LogP contribution is -1.95. The van der Waals surface area contributed by atoms with Gasteiger partial charge in [0.1, 0.15) is 5.75 Å². The van der Waals surface area contributed by atoms with Gasteiger partial charge in [0.05, 0.1) is 17.5 Å². The van der Waals surface area contributed by atoms with Gasteiger partial charge in [0.25, 0.3) is 0 Å². The number of methoxy groups -OCH3 is 1. The molecule has 0 saturated carbocycles. The first-order valence-electron chi connectivity index (χ1n) is 5.76. The SMILES string of the molecule is COc1ccc(C(Cl)c2ccc(Cl)c(C)c2)cc1Cl. The first-order chi connectivity index (χ1) is 9.02. The second kappa shape index (κ2) is 6.04. The number of alkyl halides is 1. The van der Waals surface area contributed by atoms with Crippen LogP contribution in [0.25, 0.3) is 0 Å². The highest BCUT2D eigenvalue weighted by molar-refractivity contribution is 6.32. The lowest BCUT2D eigenvalue weighted by Gasteiger charge is -2.13. The molecule has 0 N–H and O–H groups in total. The maximum absolute atomic E-state index is 6.48. The third kappa shape index (κ3) is 3.17. The second-order valence-corrected chi connectivity index (χ2v) is 5.52. The van der Waals surface area contributed by atoms with Crippen LogP contribution in [0.4, 0.5) is 0 Å². The zero-order valence-electron chi connectivity index (χ0n) is 10.6. The van der Waals surface area contributed by atoms with E-state index in [2.05, 4.69) is 0 Å². The van der Waals surface area contributed by atoms with Crippen molar-refractivity contribution < 1.29 is 4.74 Å². The molecule has 0 fully saturated rings. The fourth-order valence-corrected chi connectivity index (χ4v) is 2.51. The average Bonchev–Trinajstić information content (AvgIpc) is 2.41. The van der Waals surface area contributed by atoms with Crippen LogP contribution in [0.5, 0.6) is 5.75 Å². The molecule has 1 atom stereocenters. The van der Waals surface area contributed by atoms with E-state index in [0.717, 1.165) is 21.7 Å². The summed E-state index contributed by atoms with van der Waals surface area (Å²) in [5.74, 6) is 0.640. The van der Waals surface area contributed by atoms with Crippen LogP contribution in [0.15, 0.2) is 36.4 Å². The predicted octanol–water partition coefficient (Wildman–Crippen LogP) is 5.64. The fourth-order valence-electron chi connectivity index (χ4n) is 1.86. The van der Waals surface area contributed by atoms with E-state index in [4.69, 9.17) is 39.5 Å². The van der Waals surface area contributed by atoms with Crippen molar-refractivity contribution in [1.29, 1.82) is 0 Å². The Morgan fingerprint density at radius 3 is 2.16 bits per heavy atom. The molecule has 1 nitrogen and oxygen atoms in total. The topological polar surface area (TPSA) is 9.23 Å². The van der Waals surface area contributed by atoms with E-state index < -0.39 is 0 Å². The predicted molar refractivity (Wildman–Crippen MR) is 81.9 cm³/mol. The Balaban J connectivity index is 2.35. The average molecular weight is 316 g/mol. The van der Waals surface area contributed by atoms with Crippen LogP contribution in [0, 0.1) is 6.92 Å². The minimum Gasteiger partial charge on any atom is -0.495 e. The molecule has 0 bridgehead atoms. The molecule has 0 radical (unpaired) electrons. The highest BCUT2D eigenvalue weighted by atomic mass is 35.5. The van der Waals surface area contributed by atoms with E-state index in [1.54, 1.807) is 7.11 Å². The highest BCUT2D eigenvalue weighted by Crippen LogP contribution is 2.34. The standard InChI is InChI=1S/C15H13Cl3O/c1-9-7-10(3-5-12(9)16)15(18)11-4-6-14(19-2)13(17)8-11/h3-8,15H,1-2H3. The molecule has 1 unspecified atom stereocenters. The minimum atomic E-state index is -0.264. The lowest BCUT2D eigenvalue weighted by atomic mass is 10.0. The Kier molecular flexibility index (Phi) is 4.62. The molecule has 0 aromatic heterocycles. The summed E-state index contributed by atoms with van der Waals surface area (Å²) < 4.78 is 5.13. The fraction of sp³-hybridized carbons (Fsp3) is 0.200. The highest BCUT2D eigenvalue weighted by Gasteiger charge is 2.13. The number of hydrogen-bond donors (Lipinski definition) is 0. The van der Waals surface area contributed by atoms with Crippen LogP contribution in [0.1, 0.15) is 22.1 Å². The number of benzene rings is 2. The molecule has 0 aliphatic rings. The number of aryl methyl sites for hydroxylation is 1. The summed E-state index contributed by atoms with van der Waals surface area (Å²) in [5.41, 5.74) is 2.92. The molecule has 2 aromatic rings. The van der Waals surface area contributed by atoms with E-state index in [-0.39, 0.29) is 5.38 Å². The minimum absolute atomic E-state index is 0.264. The van der Waals surface area contributed by atoms with Gasteiger partial charge in [-0.3, -0.25) is 0 Å². The number of rotatable bonds is 3. The molecule has 0 aliphatic carbocycles. The number of halogens is 3. The van der Waals surface area contributed by atoms with Crippen molar-refractivity contribution in [2.24, 2.45) is 0 Å². The molecule has 2 rings (SSSR count). The second-order valence-electron chi connectivity index (χ2n) is 4.27. The molecule has 0 aliphatic heterocycles. The largest absolute Gasteiger partial charge is 0.495 e. The van der Waals surface area contributed by atoms with Crippen LogP contribution in [-0.2, 0) is 0 Å². The monoisotopic (exact) mass is 314 g/mol. The number of ether oxygens (including phenoxy) is 1. The zero-order valence-corrected chi connectivity index (χ0v) is 12.9. The van der Waals surface area contributed by atoms with Crippen LogP contribution < -0.4 is 4.74 Å². The van der Waals surface area contributed by atoms with Crippen molar-refractivity contribution in [3.05, 3.63) is 63.1 Å². The summed E-state index contributed by atoms with van der Waals surface area (Å²) in [6.45, 7) is 1.95. The van der Waals surface area contributed by atoms with Gasteiger partial charge in [0, 0.05) is 5.02 Å². The molecule has 0 saturated heterocycles. The van der Waals surface area contributed by atoms with Crippen LogP contribution in [0.3, 0.4) is 0 Å². The van der Waals surface area contributed by atoms with Gasteiger partial charge in [-0.15, -0.1) is 11.6 Å². The Bertz CT molecular complexity index is 596. The van der Waals surface area contributed by atoms with Crippen LogP contribution in [0.2, 0.25) is 10.0 Å². The Morgan fingerprint density at radius 1 is 0.947 bits per heavy atom. The Labute approximate surface area is 128 Å². The molecular weight excluding hydrogens is 303 g/mol. The van der Waals surface area contributed by atoms with E-state index in [1.165, 1.54) is 0 Å². The lowest BCUT2D eigenvalue weighted by molar-refractivity contribution is 0.415. The van der Waals surface area contributed by atoms with Crippen molar-refractivity contribution in [3.63, 3.8) is 0 Å². The molecule has 100 valence electrons. The molecule has 0 amide bonds. The Hall–Kier alpha value is -0.890. The van der Waals surface area contributed by atoms with Gasteiger partial charge in [0.2, 0.25) is 0 Å². The third-order valence-electron chi connectivity index (χ3n) is 2.94. The van der Waals surface area contributed by atoms with E-state index in [1.807, 2.05) is 43.3 Å².